The maximum absolute atomic E-state index is 10.9. The molecule has 0 saturated carbocycles. The fourth-order valence-electron chi connectivity index (χ4n) is 1.71. The van der Waals surface area contributed by atoms with Gasteiger partial charge in [0.15, 0.2) is 0 Å². The lowest BCUT2D eigenvalue weighted by molar-refractivity contribution is -0.119. The predicted molar refractivity (Wildman–Crippen MR) is 83.9 cm³/mol. The van der Waals surface area contributed by atoms with Crippen molar-refractivity contribution in [3.8, 4) is 5.75 Å². The van der Waals surface area contributed by atoms with Crippen molar-refractivity contribution in [1.29, 1.82) is 0 Å². The van der Waals surface area contributed by atoms with Crippen LogP contribution in [-0.2, 0) is 4.79 Å². The van der Waals surface area contributed by atoms with Crippen LogP contribution in [0.4, 0.5) is 0 Å². The second-order valence-corrected chi connectivity index (χ2v) is 6.26. The number of hydrogen-bond acceptors (Lipinski definition) is 4. The van der Waals surface area contributed by atoms with Crippen LogP contribution in [0.25, 0.3) is 0 Å². The Labute approximate surface area is 134 Å². The minimum atomic E-state index is -0.730. The molecule has 1 aromatic rings. The standard InChI is InChI=1S/C14H20Cl2N2O3/c1-14(2,6-13(17)20)18-7-9(19)8-21-10-3-4-11(15)12(16)5-10/h3-5,9,18-19H,6-8H2,1-2H3,(H2,17,20). The number of carbonyl (C=O) groups is 1. The quantitative estimate of drug-likeness (QED) is 0.678. The topological polar surface area (TPSA) is 84.6 Å². The van der Waals surface area contributed by atoms with Crippen LogP contribution in [0.3, 0.4) is 0 Å². The van der Waals surface area contributed by atoms with Crippen LogP contribution in [-0.4, -0.2) is 35.8 Å². The van der Waals surface area contributed by atoms with Crippen molar-refractivity contribution in [2.45, 2.75) is 31.9 Å². The Kier molecular flexibility index (Phi) is 6.74. The van der Waals surface area contributed by atoms with Crippen LogP contribution in [0, 0.1) is 0 Å². The highest BCUT2D eigenvalue weighted by atomic mass is 35.5. The lowest BCUT2D eigenvalue weighted by atomic mass is 10.0. The van der Waals surface area contributed by atoms with Gasteiger partial charge < -0.3 is 20.9 Å². The van der Waals surface area contributed by atoms with Gasteiger partial charge in [0.25, 0.3) is 0 Å². The van der Waals surface area contributed by atoms with Gasteiger partial charge in [0, 0.05) is 24.6 Å². The van der Waals surface area contributed by atoms with Gasteiger partial charge in [-0.15, -0.1) is 0 Å². The Morgan fingerprint density at radius 3 is 2.67 bits per heavy atom. The van der Waals surface area contributed by atoms with Crippen molar-refractivity contribution >= 4 is 29.1 Å². The Morgan fingerprint density at radius 1 is 1.43 bits per heavy atom. The number of hydrogen-bond donors (Lipinski definition) is 3. The van der Waals surface area contributed by atoms with Crippen molar-refractivity contribution in [3.63, 3.8) is 0 Å². The van der Waals surface area contributed by atoms with Gasteiger partial charge in [-0.1, -0.05) is 23.2 Å². The van der Waals surface area contributed by atoms with Crippen LogP contribution in [0.2, 0.25) is 10.0 Å². The molecule has 1 rings (SSSR count). The van der Waals surface area contributed by atoms with Gasteiger partial charge in [-0.3, -0.25) is 4.79 Å². The fraction of sp³-hybridized carbons (Fsp3) is 0.500. The molecule has 21 heavy (non-hydrogen) atoms. The average Bonchev–Trinajstić information content (AvgIpc) is 2.36. The van der Waals surface area contributed by atoms with Crippen LogP contribution in [0.1, 0.15) is 20.3 Å². The summed E-state index contributed by atoms with van der Waals surface area (Å²) in [6.07, 6.45) is -0.542. The Hall–Kier alpha value is -1.01. The van der Waals surface area contributed by atoms with E-state index in [-0.39, 0.29) is 19.6 Å². The van der Waals surface area contributed by atoms with E-state index in [0.29, 0.717) is 15.8 Å². The van der Waals surface area contributed by atoms with Gasteiger partial charge in [0.05, 0.1) is 10.0 Å². The Balaban J connectivity index is 2.38. The molecule has 0 heterocycles. The SMILES string of the molecule is CC(C)(CC(N)=O)NCC(O)COc1ccc(Cl)c(Cl)c1. The Bertz CT molecular complexity index is 495. The summed E-state index contributed by atoms with van der Waals surface area (Å²) in [5.74, 6) is 0.133. The summed E-state index contributed by atoms with van der Waals surface area (Å²) in [6.45, 7) is 4.05. The number of aliphatic hydroxyl groups excluding tert-OH is 1. The maximum Gasteiger partial charge on any atom is 0.219 e. The molecular weight excluding hydrogens is 315 g/mol. The number of rotatable bonds is 8. The molecule has 0 fully saturated rings. The van der Waals surface area contributed by atoms with E-state index in [1.54, 1.807) is 18.2 Å². The number of amides is 1. The van der Waals surface area contributed by atoms with E-state index < -0.39 is 17.6 Å². The summed E-state index contributed by atoms with van der Waals surface area (Å²) in [5, 5.41) is 13.8. The summed E-state index contributed by atoms with van der Waals surface area (Å²) in [6, 6.07) is 4.88. The number of β-amino-alcohol motifs (C(OH)–C–C–N with tert-alkyl or cyclic N) is 1. The highest BCUT2D eigenvalue weighted by molar-refractivity contribution is 6.42. The number of aliphatic hydroxyl groups is 1. The molecule has 0 aromatic heterocycles. The van der Waals surface area contributed by atoms with Crippen LogP contribution < -0.4 is 15.8 Å². The number of nitrogens with one attached hydrogen (secondary N) is 1. The third-order valence-corrected chi connectivity index (χ3v) is 3.50. The number of benzene rings is 1. The number of carbonyl (C=O) groups excluding carboxylic acids is 1. The van der Waals surface area contributed by atoms with Crippen LogP contribution >= 0.6 is 23.2 Å². The monoisotopic (exact) mass is 334 g/mol. The van der Waals surface area contributed by atoms with E-state index in [0.717, 1.165) is 0 Å². The molecule has 1 amide bonds. The highest BCUT2D eigenvalue weighted by Crippen LogP contribution is 2.26. The van der Waals surface area contributed by atoms with Crippen molar-refractivity contribution in [1.82, 2.24) is 5.32 Å². The van der Waals surface area contributed by atoms with Gasteiger partial charge in [-0.05, 0) is 26.0 Å². The highest BCUT2D eigenvalue weighted by Gasteiger charge is 2.21. The summed E-state index contributed by atoms with van der Waals surface area (Å²) >= 11 is 11.7. The largest absolute Gasteiger partial charge is 0.491 e. The molecule has 1 atom stereocenters. The van der Waals surface area contributed by atoms with E-state index in [2.05, 4.69) is 5.32 Å². The lowest BCUT2D eigenvalue weighted by Gasteiger charge is -2.26. The minimum Gasteiger partial charge on any atom is -0.491 e. The first kappa shape index (κ1) is 18.0. The fourth-order valence-corrected chi connectivity index (χ4v) is 2.00. The van der Waals surface area contributed by atoms with Crippen molar-refractivity contribution < 1.29 is 14.6 Å². The third kappa shape index (κ3) is 7.00. The van der Waals surface area contributed by atoms with Crippen LogP contribution in [0.5, 0.6) is 5.75 Å². The summed E-state index contributed by atoms with van der Waals surface area (Å²) < 4.78 is 5.43. The number of nitrogens with two attached hydrogens (primary N) is 1. The van der Waals surface area contributed by atoms with E-state index in [9.17, 15) is 9.90 Å². The molecular formula is C14H20Cl2N2O3. The van der Waals surface area contributed by atoms with Gasteiger partial charge in [-0.25, -0.2) is 0 Å². The molecule has 0 aliphatic heterocycles. The van der Waals surface area contributed by atoms with Crippen molar-refractivity contribution in [2.24, 2.45) is 5.73 Å². The number of ether oxygens (including phenoxy) is 1. The summed E-state index contributed by atoms with van der Waals surface area (Å²) in [5.41, 5.74) is 4.68. The third-order valence-electron chi connectivity index (χ3n) is 2.77. The van der Waals surface area contributed by atoms with E-state index in [4.69, 9.17) is 33.7 Å². The first-order chi connectivity index (χ1) is 9.69. The van der Waals surface area contributed by atoms with Gasteiger partial charge in [0.1, 0.15) is 18.5 Å². The molecule has 0 radical (unpaired) electrons. The second kappa shape index (κ2) is 7.84. The van der Waals surface area contributed by atoms with Gasteiger partial charge >= 0.3 is 0 Å². The molecule has 5 nitrogen and oxygen atoms in total. The molecule has 0 aliphatic rings. The van der Waals surface area contributed by atoms with Gasteiger partial charge in [0.2, 0.25) is 5.91 Å². The molecule has 1 aromatic carbocycles. The van der Waals surface area contributed by atoms with Crippen molar-refractivity contribution in [2.75, 3.05) is 13.2 Å². The normalized spacial score (nSPS) is 13.0. The zero-order valence-electron chi connectivity index (χ0n) is 12.0. The maximum atomic E-state index is 10.9. The van der Waals surface area contributed by atoms with Gasteiger partial charge in [-0.2, -0.15) is 0 Å². The first-order valence-corrected chi connectivity index (χ1v) is 7.24. The van der Waals surface area contributed by atoms with Crippen molar-refractivity contribution in [3.05, 3.63) is 28.2 Å². The zero-order valence-corrected chi connectivity index (χ0v) is 13.5. The molecule has 118 valence electrons. The Morgan fingerprint density at radius 2 is 2.10 bits per heavy atom. The van der Waals surface area contributed by atoms with E-state index >= 15 is 0 Å². The molecule has 0 saturated heterocycles. The second-order valence-electron chi connectivity index (χ2n) is 5.45. The number of halogens is 2. The molecule has 0 spiro atoms. The average molecular weight is 335 g/mol. The molecule has 0 aliphatic carbocycles. The molecule has 7 heteroatoms. The van der Waals surface area contributed by atoms with E-state index in [1.165, 1.54) is 0 Å². The molecule has 4 N–H and O–H groups in total. The minimum absolute atomic E-state index is 0.0949. The smallest absolute Gasteiger partial charge is 0.219 e. The lowest BCUT2D eigenvalue weighted by Crippen LogP contribution is -2.46. The van der Waals surface area contributed by atoms with Crippen LogP contribution in [0.15, 0.2) is 18.2 Å². The molecule has 1 unspecified atom stereocenters. The zero-order chi connectivity index (χ0) is 16.0. The summed E-state index contributed by atoms with van der Waals surface area (Å²) in [7, 11) is 0. The van der Waals surface area contributed by atoms with E-state index in [1.807, 2.05) is 13.8 Å². The number of primary amides is 1. The first-order valence-electron chi connectivity index (χ1n) is 6.49. The summed E-state index contributed by atoms with van der Waals surface area (Å²) in [4.78, 5) is 10.9. The molecule has 0 bridgehead atoms. The predicted octanol–water partition coefficient (Wildman–Crippen LogP) is 1.98.